The van der Waals surface area contributed by atoms with Crippen molar-refractivity contribution in [2.24, 2.45) is 0 Å². The maximum absolute atomic E-state index is 6.15. The number of nitrogens with one attached hydrogen (secondary N) is 1. The molecule has 0 bridgehead atoms. The standard InChI is InChI=1S/C31H32N4OS/c1-22-9-5-6-13-28(22)36-26-16-14-25(15-17-26)35-30(29(33-31(35)37)27-12-7-8-19-32-27)23-18-20-34(21-23)24-10-3-2-4-11-24/h5-9,12-21,24,29-30H,2-4,10-11H2,1H3,(H,33,37). The van der Waals surface area contributed by atoms with Crippen LogP contribution in [0.25, 0.3) is 0 Å². The summed E-state index contributed by atoms with van der Waals surface area (Å²) >= 11 is 5.91. The summed E-state index contributed by atoms with van der Waals surface area (Å²) in [5.41, 5.74) is 4.37. The van der Waals surface area contributed by atoms with Gasteiger partial charge >= 0.3 is 0 Å². The van der Waals surface area contributed by atoms with Gasteiger partial charge < -0.3 is 19.5 Å². The average Bonchev–Trinajstić information content (AvgIpc) is 3.56. The Labute approximate surface area is 224 Å². The summed E-state index contributed by atoms with van der Waals surface area (Å²) in [6, 6.07) is 25.1. The van der Waals surface area contributed by atoms with Crippen LogP contribution in [0.4, 0.5) is 5.69 Å². The van der Waals surface area contributed by atoms with Crippen LogP contribution in [-0.2, 0) is 0 Å². The Bertz CT molecular complexity index is 1360. The molecule has 5 nitrogen and oxygen atoms in total. The van der Waals surface area contributed by atoms with Crippen LogP contribution in [0.15, 0.2) is 91.4 Å². The fourth-order valence-corrected chi connectivity index (χ4v) is 6.00. The highest BCUT2D eigenvalue weighted by Gasteiger charge is 2.41. The van der Waals surface area contributed by atoms with Gasteiger partial charge in [0.25, 0.3) is 0 Å². The zero-order valence-corrected chi connectivity index (χ0v) is 21.9. The highest BCUT2D eigenvalue weighted by atomic mass is 32.1. The highest BCUT2D eigenvalue weighted by Crippen LogP contribution is 2.43. The first-order valence-electron chi connectivity index (χ1n) is 13.2. The lowest BCUT2D eigenvalue weighted by molar-refractivity contribution is 0.353. The first-order valence-corrected chi connectivity index (χ1v) is 13.6. The van der Waals surface area contributed by atoms with Crippen molar-refractivity contribution in [3.05, 3.63) is 108 Å². The summed E-state index contributed by atoms with van der Waals surface area (Å²) in [7, 11) is 0. The van der Waals surface area contributed by atoms with E-state index >= 15 is 0 Å². The fraction of sp³-hybridized carbons (Fsp3) is 0.290. The smallest absolute Gasteiger partial charge is 0.174 e. The number of thiocarbonyl (C=S) groups is 1. The van der Waals surface area contributed by atoms with Crippen LogP contribution in [0.1, 0.15) is 67.1 Å². The summed E-state index contributed by atoms with van der Waals surface area (Å²) in [4.78, 5) is 6.92. The van der Waals surface area contributed by atoms with E-state index in [1.807, 2.05) is 48.7 Å². The molecule has 2 aromatic heterocycles. The molecule has 0 amide bonds. The van der Waals surface area contributed by atoms with E-state index in [-0.39, 0.29) is 12.1 Å². The molecule has 1 saturated carbocycles. The highest BCUT2D eigenvalue weighted by molar-refractivity contribution is 7.80. The van der Waals surface area contributed by atoms with Crippen molar-refractivity contribution in [3.63, 3.8) is 0 Å². The van der Waals surface area contributed by atoms with E-state index in [2.05, 4.69) is 69.4 Å². The Balaban J connectivity index is 1.32. The van der Waals surface area contributed by atoms with Crippen LogP contribution in [0.2, 0.25) is 0 Å². The van der Waals surface area contributed by atoms with Gasteiger partial charge in [-0.05, 0) is 91.6 Å². The van der Waals surface area contributed by atoms with Gasteiger partial charge in [0.1, 0.15) is 11.5 Å². The molecule has 2 atom stereocenters. The minimum absolute atomic E-state index is 0.00428. The second-order valence-electron chi connectivity index (χ2n) is 10.0. The fourth-order valence-electron chi connectivity index (χ4n) is 5.66. The van der Waals surface area contributed by atoms with E-state index in [1.165, 1.54) is 37.7 Å². The zero-order valence-electron chi connectivity index (χ0n) is 21.1. The van der Waals surface area contributed by atoms with Crippen molar-refractivity contribution in [2.45, 2.75) is 57.2 Å². The summed E-state index contributed by atoms with van der Waals surface area (Å²) < 4.78 is 8.57. The third kappa shape index (κ3) is 4.86. The van der Waals surface area contributed by atoms with E-state index in [0.717, 1.165) is 28.4 Å². The van der Waals surface area contributed by atoms with Crippen molar-refractivity contribution >= 4 is 23.0 Å². The molecule has 2 aliphatic rings. The normalized spacial score (nSPS) is 20.1. The lowest BCUT2D eigenvalue weighted by Gasteiger charge is -2.28. The number of aromatic nitrogens is 2. The largest absolute Gasteiger partial charge is 0.457 e. The SMILES string of the molecule is Cc1ccccc1Oc1ccc(N2C(=S)NC(c3ccccn3)C2c2ccn(C3CCCCC3)c2)cc1. The van der Waals surface area contributed by atoms with Crippen molar-refractivity contribution < 1.29 is 4.74 Å². The summed E-state index contributed by atoms with van der Waals surface area (Å²) in [6.45, 7) is 2.06. The van der Waals surface area contributed by atoms with Crippen molar-refractivity contribution in [1.29, 1.82) is 0 Å². The number of hydrogen-bond acceptors (Lipinski definition) is 3. The second kappa shape index (κ2) is 10.4. The van der Waals surface area contributed by atoms with Crippen LogP contribution in [0, 0.1) is 6.92 Å². The average molecular weight is 509 g/mol. The topological polar surface area (TPSA) is 42.3 Å². The molecule has 2 fully saturated rings. The molecular formula is C31H32N4OS. The maximum Gasteiger partial charge on any atom is 0.174 e. The van der Waals surface area contributed by atoms with Gasteiger partial charge in [-0.1, -0.05) is 43.5 Å². The molecule has 0 spiro atoms. The molecule has 1 aliphatic carbocycles. The molecule has 188 valence electrons. The van der Waals surface area contributed by atoms with E-state index in [0.29, 0.717) is 11.2 Å². The number of nitrogens with zero attached hydrogens (tertiary/aromatic N) is 3. The number of ether oxygens (including phenoxy) is 1. The molecule has 6 rings (SSSR count). The number of rotatable bonds is 6. The molecule has 6 heteroatoms. The summed E-state index contributed by atoms with van der Waals surface area (Å²) in [5, 5.41) is 4.28. The number of anilines is 1. The Kier molecular flexibility index (Phi) is 6.66. The minimum atomic E-state index is -0.0428. The molecule has 1 aliphatic heterocycles. The molecule has 1 N–H and O–H groups in total. The van der Waals surface area contributed by atoms with Crippen molar-refractivity contribution in [3.8, 4) is 11.5 Å². The lowest BCUT2D eigenvalue weighted by atomic mass is 9.95. The van der Waals surface area contributed by atoms with Crippen LogP contribution in [0.5, 0.6) is 11.5 Å². The van der Waals surface area contributed by atoms with Gasteiger partial charge in [-0.3, -0.25) is 4.98 Å². The van der Waals surface area contributed by atoms with Crippen LogP contribution in [-0.4, -0.2) is 14.7 Å². The molecule has 3 heterocycles. The molecule has 0 radical (unpaired) electrons. The number of hydrogen-bond donors (Lipinski definition) is 1. The molecule has 37 heavy (non-hydrogen) atoms. The Morgan fingerprint density at radius 3 is 2.46 bits per heavy atom. The van der Waals surface area contributed by atoms with Crippen LogP contribution in [0.3, 0.4) is 0 Å². The zero-order chi connectivity index (χ0) is 25.2. The first kappa shape index (κ1) is 23.7. The monoisotopic (exact) mass is 508 g/mol. The second-order valence-corrected chi connectivity index (χ2v) is 10.4. The van der Waals surface area contributed by atoms with Crippen molar-refractivity contribution in [2.75, 3.05) is 4.90 Å². The first-order chi connectivity index (χ1) is 18.2. The quantitative estimate of drug-likeness (QED) is 0.271. The van der Waals surface area contributed by atoms with E-state index < -0.39 is 0 Å². The Morgan fingerprint density at radius 2 is 1.70 bits per heavy atom. The Morgan fingerprint density at radius 1 is 0.919 bits per heavy atom. The minimum Gasteiger partial charge on any atom is -0.457 e. The lowest BCUT2D eigenvalue weighted by Crippen LogP contribution is -2.29. The third-order valence-electron chi connectivity index (χ3n) is 7.61. The molecule has 2 aromatic carbocycles. The van der Waals surface area contributed by atoms with Gasteiger partial charge in [0, 0.05) is 30.3 Å². The number of pyridine rings is 1. The summed E-state index contributed by atoms with van der Waals surface area (Å²) in [6.07, 6.45) is 12.9. The molecule has 2 unspecified atom stereocenters. The van der Waals surface area contributed by atoms with E-state index in [1.54, 1.807) is 0 Å². The van der Waals surface area contributed by atoms with E-state index in [4.69, 9.17) is 17.0 Å². The van der Waals surface area contributed by atoms with Gasteiger partial charge in [0.15, 0.2) is 5.11 Å². The molecule has 4 aromatic rings. The maximum atomic E-state index is 6.15. The van der Waals surface area contributed by atoms with Crippen molar-refractivity contribution in [1.82, 2.24) is 14.9 Å². The number of benzene rings is 2. The number of aryl methyl sites for hydroxylation is 1. The predicted molar refractivity (Wildman–Crippen MR) is 152 cm³/mol. The number of para-hydroxylation sites is 1. The van der Waals surface area contributed by atoms with Gasteiger partial charge in [0.2, 0.25) is 0 Å². The third-order valence-corrected chi connectivity index (χ3v) is 7.92. The van der Waals surface area contributed by atoms with E-state index in [9.17, 15) is 0 Å². The summed E-state index contributed by atoms with van der Waals surface area (Å²) in [5.74, 6) is 1.67. The predicted octanol–water partition coefficient (Wildman–Crippen LogP) is 7.67. The van der Waals surface area contributed by atoms with Gasteiger partial charge in [0.05, 0.1) is 17.8 Å². The van der Waals surface area contributed by atoms with Gasteiger partial charge in [-0.15, -0.1) is 0 Å². The molecular weight excluding hydrogens is 476 g/mol. The van der Waals surface area contributed by atoms with Gasteiger partial charge in [-0.2, -0.15) is 0 Å². The Hall–Kier alpha value is -3.64. The van der Waals surface area contributed by atoms with Crippen LogP contribution >= 0.6 is 12.2 Å². The molecule has 1 saturated heterocycles. The van der Waals surface area contributed by atoms with Gasteiger partial charge in [-0.25, -0.2) is 0 Å². The van der Waals surface area contributed by atoms with Crippen LogP contribution < -0.4 is 15.0 Å².